The molecule has 1 saturated heterocycles. The Labute approximate surface area is 199 Å². The van der Waals surface area contributed by atoms with E-state index in [0.29, 0.717) is 24.0 Å². The molecule has 0 spiro atoms. The van der Waals surface area contributed by atoms with Gasteiger partial charge in [-0.25, -0.2) is 0 Å². The van der Waals surface area contributed by atoms with Gasteiger partial charge >= 0.3 is 11.8 Å². The zero-order valence-corrected chi connectivity index (χ0v) is 19.9. The van der Waals surface area contributed by atoms with Crippen LogP contribution in [-0.2, 0) is 6.54 Å². The highest BCUT2D eigenvalue weighted by Gasteiger charge is 2.24. The van der Waals surface area contributed by atoms with Crippen LogP contribution in [0.25, 0.3) is 22.6 Å². The van der Waals surface area contributed by atoms with Crippen molar-refractivity contribution in [2.75, 3.05) is 19.6 Å². The number of hydrogen-bond acceptors (Lipinski definition) is 6. The Balaban J connectivity index is 1.14. The largest absolute Gasteiger partial charge is 0.452 e. The molecule has 34 heavy (non-hydrogen) atoms. The molecule has 2 aromatic heterocycles. The lowest BCUT2D eigenvalue weighted by Crippen LogP contribution is -2.38. The van der Waals surface area contributed by atoms with Crippen LogP contribution in [0.5, 0.6) is 0 Å². The van der Waals surface area contributed by atoms with Gasteiger partial charge in [0.1, 0.15) is 5.58 Å². The van der Waals surface area contributed by atoms with Gasteiger partial charge in [-0.15, -0.1) is 0 Å². The maximum Gasteiger partial charge on any atom is 0.316 e. The smallest absolute Gasteiger partial charge is 0.316 e. The Bertz CT molecular complexity index is 1310. The SMILES string of the molecule is Cc1ccc(C)c(CN2CCC(CNC(=O)c3nc(-c4oc5ccccc5c4C)no3)CC2)c1. The molecule has 0 radical (unpaired) electrons. The van der Waals surface area contributed by atoms with Gasteiger partial charge in [-0.2, -0.15) is 4.98 Å². The summed E-state index contributed by atoms with van der Waals surface area (Å²) in [5.41, 5.74) is 5.74. The number of para-hydroxylation sites is 1. The second-order valence-electron chi connectivity index (χ2n) is 9.33. The Morgan fingerprint density at radius 1 is 1.12 bits per heavy atom. The van der Waals surface area contributed by atoms with Crippen LogP contribution in [0.1, 0.15) is 45.8 Å². The number of rotatable bonds is 6. The summed E-state index contributed by atoms with van der Waals surface area (Å²) in [7, 11) is 0. The van der Waals surface area contributed by atoms with E-state index in [1.165, 1.54) is 16.7 Å². The topological polar surface area (TPSA) is 84.4 Å². The first-order valence-corrected chi connectivity index (χ1v) is 11.9. The number of nitrogens with zero attached hydrogens (tertiary/aromatic N) is 3. The molecule has 0 unspecified atom stereocenters. The Kier molecular flexibility index (Phi) is 6.20. The van der Waals surface area contributed by atoms with Crippen molar-refractivity contribution in [1.82, 2.24) is 20.4 Å². The molecule has 1 aliphatic heterocycles. The number of piperidine rings is 1. The van der Waals surface area contributed by atoms with Crippen LogP contribution in [0.3, 0.4) is 0 Å². The van der Waals surface area contributed by atoms with Gasteiger partial charge in [-0.3, -0.25) is 9.69 Å². The number of amides is 1. The summed E-state index contributed by atoms with van der Waals surface area (Å²) >= 11 is 0. The van der Waals surface area contributed by atoms with Gasteiger partial charge in [-0.1, -0.05) is 47.1 Å². The lowest BCUT2D eigenvalue weighted by atomic mass is 9.96. The first-order chi connectivity index (χ1) is 16.5. The minimum atomic E-state index is -0.342. The second kappa shape index (κ2) is 9.43. The van der Waals surface area contributed by atoms with Crippen molar-refractivity contribution in [3.63, 3.8) is 0 Å². The molecule has 5 rings (SSSR count). The Morgan fingerprint density at radius 2 is 1.91 bits per heavy atom. The average Bonchev–Trinajstić information content (AvgIpc) is 3.46. The summed E-state index contributed by atoms with van der Waals surface area (Å²) in [6.45, 7) is 9.92. The van der Waals surface area contributed by atoms with Crippen LogP contribution >= 0.6 is 0 Å². The van der Waals surface area contributed by atoms with Crippen LogP contribution in [0, 0.1) is 26.7 Å². The number of benzene rings is 2. The van der Waals surface area contributed by atoms with Crippen LogP contribution in [-0.4, -0.2) is 40.6 Å². The first kappa shape index (κ1) is 22.3. The number of nitrogens with one attached hydrogen (secondary N) is 1. The second-order valence-corrected chi connectivity index (χ2v) is 9.33. The van der Waals surface area contributed by atoms with Crippen LogP contribution in [0.15, 0.2) is 51.4 Å². The fourth-order valence-electron chi connectivity index (χ4n) is 4.67. The van der Waals surface area contributed by atoms with Crippen molar-refractivity contribution >= 4 is 16.9 Å². The van der Waals surface area contributed by atoms with E-state index in [1.807, 2.05) is 31.2 Å². The summed E-state index contributed by atoms with van der Waals surface area (Å²) in [5, 5.41) is 7.94. The van der Waals surface area contributed by atoms with Crippen LogP contribution in [0.4, 0.5) is 0 Å². The van der Waals surface area contributed by atoms with Crippen molar-refractivity contribution in [3.05, 3.63) is 70.6 Å². The standard InChI is InChI=1S/C27H30N4O3/c1-17-8-9-18(2)21(14-17)16-31-12-10-20(11-13-31)15-28-26(32)27-29-25(30-34-27)24-19(3)22-6-4-5-7-23(22)33-24/h4-9,14,20H,10-13,15-16H2,1-3H3,(H,28,32). The lowest BCUT2D eigenvalue weighted by molar-refractivity contribution is 0.0891. The van der Waals surface area contributed by atoms with Crippen molar-refractivity contribution in [2.45, 2.75) is 40.2 Å². The molecule has 0 bridgehead atoms. The predicted octanol–water partition coefficient (Wildman–Crippen LogP) is 5.05. The lowest BCUT2D eigenvalue weighted by Gasteiger charge is -2.32. The van der Waals surface area contributed by atoms with E-state index in [1.54, 1.807) is 0 Å². The maximum absolute atomic E-state index is 12.6. The number of likely N-dealkylation sites (tertiary alicyclic amines) is 1. The molecule has 2 aromatic carbocycles. The molecule has 0 atom stereocenters. The van der Waals surface area contributed by atoms with Crippen molar-refractivity contribution in [3.8, 4) is 11.6 Å². The van der Waals surface area contributed by atoms with E-state index in [9.17, 15) is 4.79 Å². The number of carbonyl (C=O) groups excluding carboxylic acids is 1. The maximum atomic E-state index is 12.6. The van der Waals surface area contributed by atoms with Gasteiger partial charge in [-0.05, 0) is 69.8 Å². The molecule has 176 valence electrons. The molecule has 1 amide bonds. The summed E-state index contributed by atoms with van der Waals surface area (Å²) < 4.78 is 11.1. The molecule has 1 aliphatic rings. The molecule has 7 nitrogen and oxygen atoms in total. The van der Waals surface area contributed by atoms with Gasteiger partial charge < -0.3 is 14.3 Å². The molecule has 7 heteroatoms. The van der Waals surface area contributed by atoms with Crippen molar-refractivity contribution in [2.24, 2.45) is 5.92 Å². The quantitative estimate of drug-likeness (QED) is 0.435. The number of carbonyl (C=O) groups is 1. The fraction of sp³-hybridized carbons (Fsp3) is 0.370. The number of furan rings is 1. The first-order valence-electron chi connectivity index (χ1n) is 11.9. The Hall–Kier alpha value is -3.45. The van der Waals surface area contributed by atoms with Crippen molar-refractivity contribution < 1.29 is 13.7 Å². The molecule has 4 aromatic rings. The van der Waals surface area contributed by atoms with Gasteiger partial charge in [0.2, 0.25) is 5.82 Å². The van der Waals surface area contributed by atoms with E-state index >= 15 is 0 Å². The monoisotopic (exact) mass is 458 g/mol. The van der Waals surface area contributed by atoms with E-state index in [4.69, 9.17) is 8.94 Å². The molecule has 1 fully saturated rings. The highest BCUT2D eigenvalue weighted by molar-refractivity contribution is 5.90. The third-order valence-electron chi connectivity index (χ3n) is 6.82. The zero-order chi connectivity index (χ0) is 23.7. The molecular formula is C27H30N4O3. The summed E-state index contributed by atoms with van der Waals surface area (Å²) in [6, 6.07) is 14.4. The summed E-state index contributed by atoms with van der Waals surface area (Å²) in [4.78, 5) is 19.4. The summed E-state index contributed by atoms with van der Waals surface area (Å²) in [6.07, 6.45) is 2.11. The highest BCUT2D eigenvalue weighted by Crippen LogP contribution is 2.31. The fourth-order valence-corrected chi connectivity index (χ4v) is 4.67. The molecule has 0 aliphatic carbocycles. The number of aryl methyl sites for hydroxylation is 3. The van der Waals surface area contributed by atoms with Gasteiger partial charge in [0.25, 0.3) is 0 Å². The third kappa shape index (κ3) is 4.61. The molecule has 0 saturated carbocycles. The zero-order valence-electron chi connectivity index (χ0n) is 19.9. The molecule has 1 N–H and O–H groups in total. The predicted molar refractivity (Wildman–Crippen MR) is 130 cm³/mol. The third-order valence-corrected chi connectivity index (χ3v) is 6.82. The van der Waals surface area contributed by atoms with E-state index < -0.39 is 0 Å². The normalized spacial score (nSPS) is 15.1. The van der Waals surface area contributed by atoms with Gasteiger partial charge in [0.05, 0.1) is 0 Å². The van der Waals surface area contributed by atoms with Crippen LogP contribution in [0.2, 0.25) is 0 Å². The number of fused-ring (bicyclic) bond motifs is 1. The average molecular weight is 459 g/mol. The van der Waals surface area contributed by atoms with E-state index in [2.05, 4.69) is 52.4 Å². The van der Waals surface area contributed by atoms with E-state index in [-0.39, 0.29) is 11.8 Å². The molecule has 3 heterocycles. The van der Waals surface area contributed by atoms with Gasteiger partial charge in [0.15, 0.2) is 5.76 Å². The molecular weight excluding hydrogens is 428 g/mol. The minimum Gasteiger partial charge on any atom is -0.452 e. The highest BCUT2D eigenvalue weighted by atomic mass is 16.5. The van der Waals surface area contributed by atoms with E-state index in [0.717, 1.165) is 49.0 Å². The minimum absolute atomic E-state index is 0.0396. The number of hydrogen-bond donors (Lipinski definition) is 1. The van der Waals surface area contributed by atoms with Gasteiger partial charge in [0, 0.05) is 24.0 Å². The number of aromatic nitrogens is 2. The van der Waals surface area contributed by atoms with Crippen LogP contribution < -0.4 is 5.32 Å². The Morgan fingerprint density at radius 3 is 2.71 bits per heavy atom. The summed E-state index contributed by atoms with van der Waals surface area (Å²) in [5.74, 6) is 0.880. The van der Waals surface area contributed by atoms with Crippen molar-refractivity contribution in [1.29, 1.82) is 0 Å².